The molecule has 0 aliphatic heterocycles. The highest BCUT2D eigenvalue weighted by atomic mass is 19.1. The van der Waals surface area contributed by atoms with Gasteiger partial charge in [0.1, 0.15) is 5.82 Å². The first-order valence-corrected chi connectivity index (χ1v) is 7.75. The molecule has 0 amide bonds. The molecule has 0 heterocycles. The molecule has 21 heavy (non-hydrogen) atoms. The Labute approximate surface area is 126 Å². The first kappa shape index (κ1) is 16.0. The van der Waals surface area contributed by atoms with E-state index in [-0.39, 0.29) is 23.1 Å². The summed E-state index contributed by atoms with van der Waals surface area (Å²) in [7, 11) is 0. The van der Waals surface area contributed by atoms with Crippen molar-refractivity contribution in [1.82, 2.24) is 0 Å². The normalized spacial score (nSPS) is 26.6. The van der Waals surface area contributed by atoms with Crippen LogP contribution in [0.2, 0.25) is 0 Å². The van der Waals surface area contributed by atoms with Gasteiger partial charge in [0.25, 0.3) is 0 Å². The van der Waals surface area contributed by atoms with E-state index in [1.54, 1.807) is 12.1 Å². The SMILES string of the molecule is CC(C)(C)C1CCC(C(=O)O)C(Cc2ccccc2F)C1. The average Bonchev–Trinajstić information content (AvgIpc) is 2.40. The smallest absolute Gasteiger partial charge is 0.306 e. The maximum atomic E-state index is 13.9. The Morgan fingerprint density at radius 2 is 1.95 bits per heavy atom. The van der Waals surface area contributed by atoms with Gasteiger partial charge < -0.3 is 5.11 Å². The molecule has 3 heteroatoms. The number of carboxylic acid groups (broad SMARTS) is 1. The van der Waals surface area contributed by atoms with Crippen molar-refractivity contribution in [3.05, 3.63) is 35.6 Å². The topological polar surface area (TPSA) is 37.3 Å². The molecule has 1 aromatic carbocycles. The highest BCUT2D eigenvalue weighted by Gasteiger charge is 2.39. The molecule has 0 saturated heterocycles. The molecule has 1 saturated carbocycles. The molecule has 1 aromatic rings. The van der Waals surface area contributed by atoms with Gasteiger partial charge in [-0.25, -0.2) is 4.39 Å². The van der Waals surface area contributed by atoms with Crippen LogP contribution in [0.5, 0.6) is 0 Å². The van der Waals surface area contributed by atoms with Crippen molar-refractivity contribution in [2.24, 2.45) is 23.2 Å². The lowest BCUT2D eigenvalue weighted by Gasteiger charge is -2.40. The highest BCUT2D eigenvalue weighted by molar-refractivity contribution is 5.70. The van der Waals surface area contributed by atoms with Gasteiger partial charge in [0.15, 0.2) is 0 Å². The average molecular weight is 292 g/mol. The zero-order chi connectivity index (χ0) is 15.6. The van der Waals surface area contributed by atoms with E-state index in [0.29, 0.717) is 24.3 Å². The summed E-state index contributed by atoms with van der Waals surface area (Å²) in [6, 6.07) is 6.72. The van der Waals surface area contributed by atoms with Gasteiger partial charge in [-0.1, -0.05) is 39.0 Å². The van der Waals surface area contributed by atoms with Gasteiger partial charge in [-0.15, -0.1) is 0 Å². The largest absolute Gasteiger partial charge is 0.481 e. The Bertz CT molecular complexity index is 504. The minimum atomic E-state index is -0.733. The molecular formula is C18H25FO2. The molecule has 1 N–H and O–H groups in total. The quantitative estimate of drug-likeness (QED) is 0.888. The van der Waals surface area contributed by atoms with Crippen LogP contribution in [0.4, 0.5) is 4.39 Å². The molecule has 0 bridgehead atoms. The molecule has 2 rings (SSSR count). The molecule has 0 radical (unpaired) electrons. The zero-order valence-electron chi connectivity index (χ0n) is 13.1. The molecule has 3 atom stereocenters. The summed E-state index contributed by atoms with van der Waals surface area (Å²) < 4.78 is 13.9. The monoisotopic (exact) mass is 292 g/mol. The summed E-state index contributed by atoms with van der Waals surface area (Å²) in [4.78, 5) is 11.5. The third-order valence-corrected chi connectivity index (χ3v) is 4.96. The minimum Gasteiger partial charge on any atom is -0.481 e. The lowest BCUT2D eigenvalue weighted by atomic mass is 9.64. The number of carbonyl (C=O) groups is 1. The molecule has 0 spiro atoms. The molecule has 116 valence electrons. The van der Waals surface area contributed by atoms with Crippen LogP contribution in [-0.2, 0) is 11.2 Å². The molecule has 1 fully saturated rings. The third-order valence-electron chi connectivity index (χ3n) is 4.96. The van der Waals surface area contributed by atoms with Gasteiger partial charge in [0.05, 0.1) is 5.92 Å². The molecule has 3 unspecified atom stereocenters. The minimum absolute atomic E-state index is 0.0253. The number of benzene rings is 1. The van der Waals surface area contributed by atoms with Crippen molar-refractivity contribution >= 4 is 5.97 Å². The first-order valence-electron chi connectivity index (χ1n) is 7.75. The second-order valence-electron chi connectivity index (χ2n) is 7.38. The Balaban J connectivity index is 2.18. The van der Waals surface area contributed by atoms with Gasteiger partial charge in [-0.2, -0.15) is 0 Å². The lowest BCUT2D eigenvalue weighted by Crippen LogP contribution is -2.36. The van der Waals surface area contributed by atoms with E-state index < -0.39 is 5.97 Å². The Morgan fingerprint density at radius 3 is 2.52 bits per heavy atom. The molecule has 0 aromatic heterocycles. The van der Waals surface area contributed by atoms with E-state index in [0.717, 1.165) is 12.8 Å². The molecule has 1 aliphatic carbocycles. The van der Waals surface area contributed by atoms with Crippen molar-refractivity contribution in [2.75, 3.05) is 0 Å². The van der Waals surface area contributed by atoms with Crippen molar-refractivity contribution in [2.45, 2.75) is 46.5 Å². The van der Waals surface area contributed by atoms with Gasteiger partial charge in [0.2, 0.25) is 0 Å². The Kier molecular flexibility index (Phi) is 4.70. The van der Waals surface area contributed by atoms with Crippen LogP contribution >= 0.6 is 0 Å². The maximum absolute atomic E-state index is 13.9. The Morgan fingerprint density at radius 1 is 1.29 bits per heavy atom. The summed E-state index contributed by atoms with van der Waals surface area (Å²) >= 11 is 0. The second-order valence-corrected chi connectivity index (χ2v) is 7.38. The van der Waals surface area contributed by atoms with Crippen molar-refractivity contribution < 1.29 is 14.3 Å². The number of hydrogen-bond donors (Lipinski definition) is 1. The van der Waals surface area contributed by atoms with Gasteiger partial charge in [0, 0.05) is 0 Å². The van der Waals surface area contributed by atoms with Crippen LogP contribution in [0.15, 0.2) is 24.3 Å². The van der Waals surface area contributed by atoms with Crippen molar-refractivity contribution in [3.63, 3.8) is 0 Å². The predicted octanol–water partition coefficient (Wildman–Crippen LogP) is 4.53. The van der Waals surface area contributed by atoms with Crippen molar-refractivity contribution in [1.29, 1.82) is 0 Å². The van der Waals surface area contributed by atoms with E-state index in [1.165, 1.54) is 6.07 Å². The molecular weight excluding hydrogens is 267 g/mol. The second kappa shape index (κ2) is 6.17. The highest BCUT2D eigenvalue weighted by Crippen LogP contribution is 2.44. The number of hydrogen-bond acceptors (Lipinski definition) is 1. The van der Waals surface area contributed by atoms with Crippen LogP contribution < -0.4 is 0 Å². The van der Waals surface area contributed by atoms with Crippen LogP contribution in [0.25, 0.3) is 0 Å². The summed E-state index contributed by atoms with van der Waals surface area (Å²) in [5.41, 5.74) is 0.819. The lowest BCUT2D eigenvalue weighted by molar-refractivity contribution is -0.146. The van der Waals surface area contributed by atoms with Gasteiger partial charge in [-0.05, 0) is 54.6 Å². The predicted molar refractivity (Wildman–Crippen MR) is 81.5 cm³/mol. The van der Waals surface area contributed by atoms with E-state index in [1.807, 2.05) is 6.07 Å². The number of aliphatic carboxylic acids is 1. The van der Waals surface area contributed by atoms with Crippen LogP contribution in [0, 0.1) is 29.0 Å². The van der Waals surface area contributed by atoms with Crippen LogP contribution in [-0.4, -0.2) is 11.1 Å². The number of halogens is 1. The van der Waals surface area contributed by atoms with E-state index in [2.05, 4.69) is 20.8 Å². The summed E-state index contributed by atoms with van der Waals surface area (Å²) in [6.07, 6.45) is 3.05. The molecule has 1 aliphatic rings. The van der Waals surface area contributed by atoms with Gasteiger partial charge >= 0.3 is 5.97 Å². The number of carboxylic acids is 1. The summed E-state index contributed by atoms with van der Waals surface area (Å²) in [6.45, 7) is 6.62. The summed E-state index contributed by atoms with van der Waals surface area (Å²) in [5, 5.41) is 9.45. The fraction of sp³-hybridized carbons (Fsp3) is 0.611. The van der Waals surface area contributed by atoms with Crippen LogP contribution in [0.1, 0.15) is 45.6 Å². The Hall–Kier alpha value is -1.38. The van der Waals surface area contributed by atoms with Crippen LogP contribution in [0.3, 0.4) is 0 Å². The fourth-order valence-electron chi connectivity index (χ4n) is 3.55. The standard InChI is InChI=1S/C18H25FO2/c1-18(2,3)14-8-9-15(17(20)21)13(11-14)10-12-6-4-5-7-16(12)19/h4-7,13-15H,8-11H2,1-3H3,(H,20,21). The summed E-state index contributed by atoms with van der Waals surface area (Å²) in [5.74, 6) is -0.770. The number of rotatable bonds is 3. The fourth-order valence-corrected chi connectivity index (χ4v) is 3.55. The van der Waals surface area contributed by atoms with E-state index in [4.69, 9.17) is 0 Å². The maximum Gasteiger partial charge on any atom is 0.306 e. The molecule has 2 nitrogen and oxygen atoms in total. The van der Waals surface area contributed by atoms with E-state index in [9.17, 15) is 14.3 Å². The van der Waals surface area contributed by atoms with Gasteiger partial charge in [-0.3, -0.25) is 4.79 Å². The van der Waals surface area contributed by atoms with Crippen molar-refractivity contribution in [3.8, 4) is 0 Å². The van der Waals surface area contributed by atoms with E-state index >= 15 is 0 Å². The zero-order valence-corrected chi connectivity index (χ0v) is 13.1. The first-order chi connectivity index (χ1) is 9.79. The third kappa shape index (κ3) is 3.84.